The highest BCUT2D eigenvalue weighted by Crippen LogP contribution is 2.31. The van der Waals surface area contributed by atoms with Gasteiger partial charge in [0.1, 0.15) is 11.6 Å². The van der Waals surface area contributed by atoms with Gasteiger partial charge in [0.15, 0.2) is 17.3 Å². The number of benzene rings is 2. The van der Waals surface area contributed by atoms with Gasteiger partial charge in [-0.15, -0.1) is 0 Å². The van der Waals surface area contributed by atoms with Gasteiger partial charge in [-0.1, -0.05) is 30.3 Å². The molecule has 2 aromatic heterocycles. The van der Waals surface area contributed by atoms with Gasteiger partial charge in [0, 0.05) is 36.1 Å². The monoisotopic (exact) mass is 472 g/mol. The van der Waals surface area contributed by atoms with Crippen molar-refractivity contribution in [1.29, 1.82) is 5.41 Å². The first kappa shape index (κ1) is 23.3. The first-order chi connectivity index (χ1) is 16.8. The predicted molar refractivity (Wildman–Crippen MR) is 130 cm³/mol. The van der Waals surface area contributed by atoms with Crippen molar-refractivity contribution in [3.05, 3.63) is 106 Å². The molecule has 0 saturated heterocycles. The molecule has 10 heteroatoms. The number of halogens is 1. The molecule has 0 radical (unpaired) electrons. The summed E-state index contributed by atoms with van der Waals surface area (Å²) < 4.78 is 21.7. The van der Waals surface area contributed by atoms with Crippen molar-refractivity contribution in [2.75, 3.05) is 11.1 Å². The van der Waals surface area contributed by atoms with Crippen LogP contribution in [-0.4, -0.2) is 26.2 Å². The second kappa shape index (κ2) is 9.96. The van der Waals surface area contributed by atoms with E-state index < -0.39 is 17.3 Å². The fourth-order valence-electron chi connectivity index (χ4n) is 3.40. The Kier molecular flexibility index (Phi) is 6.63. The molecule has 0 unspecified atom stereocenters. The molecule has 2 heterocycles. The second-order valence-corrected chi connectivity index (χ2v) is 7.59. The minimum Gasteiger partial charge on any atom is -0.453 e. The highest BCUT2D eigenvalue weighted by molar-refractivity contribution is 6.03. The summed E-state index contributed by atoms with van der Waals surface area (Å²) in [6.07, 6.45) is 4.25. The number of aromatic nitrogens is 3. The molecular weight excluding hydrogens is 451 g/mol. The average molecular weight is 472 g/mol. The number of rotatable bonds is 7. The van der Waals surface area contributed by atoms with Crippen LogP contribution in [0.3, 0.4) is 0 Å². The van der Waals surface area contributed by atoms with Gasteiger partial charge in [-0.25, -0.2) is 14.4 Å². The number of nitrogens with zero attached hydrogens (tertiary/aromatic N) is 3. The van der Waals surface area contributed by atoms with Gasteiger partial charge >= 0.3 is 0 Å². The van der Waals surface area contributed by atoms with Crippen LogP contribution in [0.2, 0.25) is 0 Å². The Morgan fingerprint density at radius 1 is 1.11 bits per heavy atom. The summed E-state index contributed by atoms with van der Waals surface area (Å²) in [5.74, 6) is -1.41. The standard InChI is InChI=1S/C25H21FN6O3/c1-15(27)21-20(9-10-30-23(21)28)35-19-8-7-17(13-18(19)26)31-24(33)22-25(34)32(12-11-29-22)14-16-5-3-2-4-6-16/h2-13,27H,14H2,1H3,(H2,28,30)(H,31,33). The molecule has 4 rings (SSSR count). The van der Waals surface area contributed by atoms with E-state index in [1.54, 1.807) is 0 Å². The van der Waals surface area contributed by atoms with Crippen LogP contribution in [0.5, 0.6) is 11.5 Å². The summed E-state index contributed by atoms with van der Waals surface area (Å²) >= 11 is 0. The third-order valence-corrected chi connectivity index (χ3v) is 5.05. The molecule has 4 N–H and O–H groups in total. The highest BCUT2D eigenvalue weighted by atomic mass is 19.1. The maximum atomic E-state index is 14.7. The van der Waals surface area contributed by atoms with Crippen molar-refractivity contribution in [2.45, 2.75) is 13.5 Å². The lowest BCUT2D eigenvalue weighted by atomic mass is 10.1. The lowest BCUT2D eigenvalue weighted by Crippen LogP contribution is -2.30. The first-order valence-corrected chi connectivity index (χ1v) is 10.5. The number of hydrogen-bond donors (Lipinski definition) is 3. The van der Waals surface area contributed by atoms with Crippen LogP contribution in [0.15, 0.2) is 78.0 Å². The van der Waals surface area contributed by atoms with E-state index in [0.29, 0.717) is 0 Å². The summed E-state index contributed by atoms with van der Waals surface area (Å²) in [6.45, 7) is 1.79. The first-order valence-electron chi connectivity index (χ1n) is 10.5. The van der Waals surface area contributed by atoms with Gasteiger partial charge in [0.2, 0.25) is 0 Å². The molecule has 0 bridgehead atoms. The zero-order valence-corrected chi connectivity index (χ0v) is 18.7. The molecule has 35 heavy (non-hydrogen) atoms. The minimum atomic E-state index is -0.769. The fraction of sp³-hybridized carbons (Fsp3) is 0.0800. The molecule has 2 aromatic carbocycles. The van der Waals surface area contributed by atoms with Crippen molar-refractivity contribution < 1.29 is 13.9 Å². The van der Waals surface area contributed by atoms with E-state index >= 15 is 0 Å². The van der Waals surface area contributed by atoms with Crippen LogP contribution >= 0.6 is 0 Å². The maximum absolute atomic E-state index is 14.7. The molecule has 1 amide bonds. The number of nitrogens with one attached hydrogen (secondary N) is 2. The van der Waals surface area contributed by atoms with Crippen molar-refractivity contribution in [3.63, 3.8) is 0 Å². The van der Waals surface area contributed by atoms with Crippen molar-refractivity contribution in [3.8, 4) is 11.5 Å². The number of nitrogens with two attached hydrogens (primary N) is 1. The molecule has 0 spiro atoms. The van der Waals surface area contributed by atoms with Crippen LogP contribution in [0, 0.1) is 11.2 Å². The second-order valence-electron chi connectivity index (χ2n) is 7.59. The van der Waals surface area contributed by atoms with Crippen molar-refractivity contribution in [2.24, 2.45) is 0 Å². The lowest BCUT2D eigenvalue weighted by Gasteiger charge is -2.13. The molecule has 0 fully saturated rings. The van der Waals surface area contributed by atoms with E-state index in [1.165, 1.54) is 48.3 Å². The van der Waals surface area contributed by atoms with Gasteiger partial charge < -0.3 is 25.8 Å². The summed E-state index contributed by atoms with van der Waals surface area (Å²) in [5.41, 5.74) is 6.29. The Morgan fingerprint density at radius 2 is 1.89 bits per heavy atom. The van der Waals surface area contributed by atoms with Gasteiger partial charge in [-0.2, -0.15) is 0 Å². The van der Waals surface area contributed by atoms with E-state index in [2.05, 4.69) is 15.3 Å². The SMILES string of the molecule is CC(=N)c1c(Oc2ccc(NC(=O)c3nccn(Cc4ccccc4)c3=O)cc2F)ccnc1N. The smallest absolute Gasteiger partial charge is 0.282 e. The quantitative estimate of drug-likeness (QED) is 0.350. The lowest BCUT2D eigenvalue weighted by molar-refractivity contribution is 0.102. The van der Waals surface area contributed by atoms with Crippen LogP contribution in [0.4, 0.5) is 15.9 Å². The number of anilines is 2. The number of hydrogen-bond acceptors (Lipinski definition) is 7. The Hall–Kier alpha value is -4.86. The van der Waals surface area contributed by atoms with Gasteiger partial charge in [0.05, 0.1) is 12.1 Å². The van der Waals surface area contributed by atoms with Crippen molar-refractivity contribution in [1.82, 2.24) is 14.5 Å². The summed E-state index contributed by atoms with van der Waals surface area (Å²) in [7, 11) is 0. The molecule has 4 aromatic rings. The molecule has 0 aliphatic heterocycles. The molecule has 0 aliphatic carbocycles. The van der Waals surface area contributed by atoms with Gasteiger partial charge in [-0.05, 0) is 30.7 Å². The van der Waals surface area contributed by atoms with Crippen LogP contribution in [0.1, 0.15) is 28.5 Å². The number of ether oxygens (including phenoxy) is 1. The Labute approximate surface area is 199 Å². The summed E-state index contributed by atoms with van der Waals surface area (Å²) in [4.78, 5) is 33.3. The van der Waals surface area contributed by atoms with E-state index in [1.807, 2.05) is 30.3 Å². The maximum Gasteiger partial charge on any atom is 0.282 e. The number of amides is 1. The minimum absolute atomic E-state index is 0.0903. The van der Waals surface area contributed by atoms with Gasteiger partial charge in [0.25, 0.3) is 11.5 Å². The highest BCUT2D eigenvalue weighted by Gasteiger charge is 2.17. The van der Waals surface area contributed by atoms with E-state index in [0.717, 1.165) is 11.6 Å². The van der Waals surface area contributed by atoms with Crippen LogP contribution in [-0.2, 0) is 6.54 Å². The molecular formula is C25H21FN6O3. The molecule has 0 saturated carbocycles. The summed E-state index contributed by atoms with van der Waals surface area (Å²) in [5, 5.41) is 10.3. The predicted octanol–water partition coefficient (Wildman–Crippen LogP) is 3.84. The Bertz CT molecular complexity index is 1470. The zero-order valence-electron chi connectivity index (χ0n) is 18.7. The number of carbonyl (C=O) groups excluding carboxylic acids is 1. The van der Waals surface area contributed by atoms with E-state index in [4.69, 9.17) is 15.9 Å². The Morgan fingerprint density at radius 3 is 2.60 bits per heavy atom. The van der Waals surface area contributed by atoms with Gasteiger partial charge in [-0.3, -0.25) is 9.59 Å². The number of carbonyl (C=O) groups is 1. The number of nitrogen functional groups attached to an aromatic ring is 1. The molecule has 0 atom stereocenters. The fourth-order valence-corrected chi connectivity index (χ4v) is 3.40. The largest absolute Gasteiger partial charge is 0.453 e. The molecule has 176 valence electrons. The van der Waals surface area contributed by atoms with E-state index in [9.17, 15) is 14.0 Å². The third kappa shape index (κ3) is 5.22. The van der Waals surface area contributed by atoms with Crippen LogP contribution in [0.25, 0.3) is 0 Å². The molecule has 9 nitrogen and oxygen atoms in total. The van der Waals surface area contributed by atoms with Crippen molar-refractivity contribution >= 4 is 23.1 Å². The topological polar surface area (TPSA) is 136 Å². The zero-order chi connectivity index (χ0) is 24.9. The van der Waals surface area contributed by atoms with Crippen LogP contribution < -0.4 is 21.3 Å². The number of pyridine rings is 1. The van der Waals surface area contributed by atoms with E-state index in [-0.39, 0.29) is 46.5 Å². The third-order valence-electron chi connectivity index (χ3n) is 5.05. The normalized spacial score (nSPS) is 10.6. The summed E-state index contributed by atoms with van der Waals surface area (Å²) in [6, 6.07) is 14.6. The Balaban J connectivity index is 1.52. The average Bonchev–Trinajstić information content (AvgIpc) is 2.82. The molecule has 0 aliphatic rings.